The Hall–Kier alpha value is -1.54. The van der Waals surface area contributed by atoms with Crippen molar-refractivity contribution < 1.29 is 4.74 Å². The van der Waals surface area contributed by atoms with E-state index in [9.17, 15) is 0 Å². The summed E-state index contributed by atoms with van der Waals surface area (Å²) in [7, 11) is 0. The fourth-order valence-corrected chi connectivity index (χ4v) is 4.24. The molecule has 0 amide bonds. The molecule has 4 rings (SSSR count). The van der Waals surface area contributed by atoms with Crippen molar-refractivity contribution in [2.45, 2.75) is 51.4 Å². The Kier molecular flexibility index (Phi) is 7.79. The highest BCUT2D eigenvalue weighted by atomic mass is 35.5. The van der Waals surface area contributed by atoms with Crippen LogP contribution in [0.3, 0.4) is 0 Å². The Morgan fingerprint density at radius 1 is 1.14 bits per heavy atom. The summed E-state index contributed by atoms with van der Waals surface area (Å²) in [5.41, 5.74) is 1.39. The predicted octanol–water partition coefficient (Wildman–Crippen LogP) is 2.54. The molecule has 28 heavy (non-hydrogen) atoms. The summed E-state index contributed by atoms with van der Waals surface area (Å²) in [6.45, 7) is 9.16. The smallest absolute Gasteiger partial charge is 0.168 e. The topological polar surface area (TPSA) is 59.3 Å². The quantitative estimate of drug-likeness (QED) is 0.704. The summed E-state index contributed by atoms with van der Waals surface area (Å²) in [5, 5.41) is 12.6. The van der Waals surface area contributed by atoms with Crippen molar-refractivity contribution in [3.63, 3.8) is 0 Å². The molecule has 0 aliphatic carbocycles. The SMILES string of the molecule is CCC(c1nnnn1CC1CCCO1)N1CCN(Cc2ccccc2)CC1.Cl. The average Bonchev–Trinajstić information content (AvgIpc) is 3.38. The van der Waals surface area contributed by atoms with E-state index in [1.165, 1.54) is 5.56 Å². The van der Waals surface area contributed by atoms with Gasteiger partial charge in [0.2, 0.25) is 0 Å². The molecule has 0 radical (unpaired) electrons. The molecule has 154 valence electrons. The fraction of sp³-hybridized carbons (Fsp3) is 0.650. The third-order valence-electron chi connectivity index (χ3n) is 5.74. The fourth-order valence-electron chi connectivity index (χ4n) is 4.24. The number of rotatable bonds is 7. The largest absolute Gasteiger partial charge is 0.376 e. The van der Waals surface area contributed by atoms with Gasteiger partial charge in [0.1, 0.15) is 0 Å². The number of ether oxygens (including phenoxy) is 1. The molecular weight excluding hydrogens is 376 g/mol. The van der Waals surface area contributed by atoms with Crippen LogP contribution in [-0.4, -0.2) is 68.9 Å². The van der Waals surface area contributed by atoms with Gasteiger partial charge in [-0.05, 0) is 35.3 Å². The minimum atomic E-state index is 0. The van der Waals surface area contributed by atoms with E-state index in [0.29, 0.717) is 0 Å². The molecule has 2 unspecified atom stereocenters. The van der Waals surface area contributed by atoms with E-state index in [1.54, 1.807) is 0 Å². The van der Waals surface area contributed by atoms with Gasteiger partial charge in [-0.15, -0.1) is 17.5 Å². The molecule has 1 aromatic carbocycles. The molecule has 2 aliphatic heterocycles. The second-order valence-corrected chi connectivity index (χ2v) is 7.58. The molecule has 2 atom stereocenters. The Bertz CT molecular complexity index is 698. The third-order valence-corrected chi connectivity index (χ3v) is 5.74. The highest BCUT2D eigenvalue weighted by Gasteiger charge is 2.29. The highest BCUT2D eigenvalue weighted by molar-refractivity contribution is 5.85. The van der Waals surface area contributed by atoms with Gasteiger partial charge in [-0.2, -0.15) is 0 Å². The van der Waals surface area contributed by atoms with Crippen molar-refractivity contribution in [3.05, 3.63) is 41.7 Å². The highest BCUT2D eigenvalue weighted by Crippen LogP contribution is 2.25. The van der Waals surface area contributed by atoms with Crippen LogP contribution < -0.4 is 0 Å². The van der Waals surface area contributed by atoms with Crippen molar-refractivity contribution in [2.24, 2.45) is 0 Å². The number of nitrogens with zero attached hydrogens (tertiary/aromatic N) is 6. The van der Waals surface area contributed by atoms with E-state index < -0.39 is 0 Å². The monoisotopic (exact) mass is 406 g/mol. The van der Waals surface area contributed by atoms with E-state index in [4.69, 9.17) is 4.74 Å². The summed E-state index contributed by atoms with van der Waals surface area (Å²) in [6.07, 6.45) is 3.52. The maximum atomic E-state index is 5.77. The molecule has 3 heterocycles. The lowest BCUT2D eigenvalue weighted by Crippen LogP contribution is -2.47. The van der Waals surface area contributed by atoms with E-state index >= 15 is 0 Å². The van der Waals surface area contributed by atoms with Crippen LogP contribution in [0.5, 0.6) is 0 Å². The van der Waals surface area contributed by atoms with Gasteiger partial charge in [-0.3, -0.25) is 9.80 Å². The van der Waals surface area contributed by atoms with Gasteiger partial charge in [0.25, 0.3) is 0 Å². The zero-order chi connectivity index (χ0) is 18.5. The Balaban J connectivity index is 0.00000225. The lowest BCUT2D eigenvalue weighted by molar-refractivity contribution is 0.0752. The number of halogens is 1. The number of aromatic nitrogens is 4. The number of hydrogen-bond acceptors (Lipinski definition) is 6. The standard InChI is InChI=1S/C20H30N6O.ClH/c1-2-19(20-21-22-23-26(20)16-18-9-6-14-27-18)25-12-10-24(11-13-25)15-17-7-4-3-5-8-17;/h3-5,7-8,18-19H,2,6,9-16H2,1H3;1H. The number of hydrogen-bond donors (Lipinski definition) is 0. The van der Waals surface area contributed by atoms with Gasteiger partial charge in [0.15, 0.2) is 5.82 Å². The van der Waals surface area contributed by atoms with Crippen LogP contribution in [0.2, 0.25) is 0 Å². The Morgan fingerprint density at radius 3 is 2.61 bits per heavy atom. The lowest BCUT2D eigenvalue weighted by atomic mass is 10.1. The molecule has 8 heteroatoms. The second-order valence-electron chi connectivity index (χ2n) is 7.58. The minimum Gasteiger partial charge on any atom is -0.376 e. The van der Waals surface area contributed by atoms with Crippen LogP contribution in [0.4, 0.5) is 0 Å². The average molecular weight is 407 g/mol. The van der Waals surface area contributed by atoms with Crippen molar-refractivity contribution in [1.29, 1.82) is 0 Å². The molecular formula is C20H31ClN6O. The van der Waals surface area contributed by atoms with E-state index in [2.05, 4.69) is 62.6 Å². The molecule has 2 aromatic rings. The normalized spacial score (nSPS) is 22.1. The summed E-state index contributed by atoms with van der Waals surface area (Å²) < 4.78 is 7.75. The maximum absolute atomic E-state index is 5.77. The minimum absolute atomic E-state index is 0. The van der Waals surface area contributed by atoms with E-state index in [-0.39, 0.29) is 24.6 Å². The van der Waals surface area contributed by atoms with Crippen molar-refractivity contribution in [3.8, 4) is 0 Å². The van der Waals surface area contributed by atoms with Gasteiger partial charge < -0.3 is 4.74 Å². The molecule has 0 bridgehead atoms. The summed E-state index contributed by atoms with van der Waals surface area (Å²) in [5.74, 6) is 0.990. The van der Waals surface area contributed by atoms with Crippen LogP contribution in [0.25, 0.3) is 0 Å². The number of benzene rings is 1. The first-order chi connectivity index (χ1) is 13.3. The van der Waals surface area contributed by atoms with Gasteiger partial charge in [-0.1, -0.05) is 37.3 Å². The summed E-state index contributed by atoms with van der Waals surface area (Å²) >= 11 is 0. The lowest BCUT2D eigenvalue weighted by Gasteiger charge is -2.38. The van der Waals surface area contributed by atoms with Crippen molar-refractivity contribution >= 4 is 12.4 Å². The van der Waals surface area contributed by atoms with Crippen molar-refractivity contribution in [1.82, 2.24) is 30.0 Å². The van der Waals surface area contributed by atoms with Crippen LogP contribution in [0.1, 0.15) is 43.6 Å². The molecule has 2 aliphatic rings. The first-order valence-corrected chi connectivity index (χ1v) is 10.2. The van der Waals surface area contributed by atoms with Gasteiger partial charge in [-0.25, -0.2) is 4.68 Å². The Labute approximate surface area is 173 Å². The number of piperazine rings is 1. The third kappa shape index (κ3) is 5.08. The molecule has 0 spiro atoms. The predicted molar refractivity (Wildman–Crippen MR) is 110 cm³/mol. The van der Waals surface area contributed by atoms with E-state index in [0.717, 1.165) is 71.0 Å². The van der Waals surface area contributed by atoms with Crippen LogP contribution in [0.15, 0.2) is 30.3 Å². The van der Waals surface area contributed by atoms with Crippen molar-refractivity contribution in [2.75, 3.05) is 32.8 Å². The zero-order valence-electron chi connectivity index (χ0n) is 16.6. The first kappa shape index (κ1) is 21.2. The molecule has 2 fully saturated rings. The second kappa shape index (κ2) is 10.3. The van der Waals surface area contributed by atoms with Gasteiger partial charge >= 0.3 is 0 Å². The maximum Gasteiger partial charge on any atom is 0.168 e. The summed E-state index contributed by atoms with van der Waals surface area (Å²) in [4.78, 5) is 5.08. The molecule has 0 saturated carbocycles. The van der Waals surface area contributed by atoms with Crippen LogP contribution in [0, 0.1) is 0 Å². The van der Waals surface area contributed by atoms with Crippen LogP contribution in [-0.2, 0) is 17.8 Å². The first-order valence-electron chi connectivity index (χ1n) is 10.2. The molecule has 0 N–H and O–H groups in total. The molecule has 2 saturated heterocycles. The molecule has 1 aromatic heterocycles. The van der Waals surface area contributed by atoms with Gasteiger partial charge in [0.05, 0.1) is 18.7 Å². The number of tetrazole rings is 1. The Morgan fingerprint density at radius 2 is 1.93 bits per heavy atom. The van der Waals surface area contributed by atoms with Gasteiger partial charge in [0, 0.05) is 39.3 Å². The summed E-state index contributed by atoms with van der Waals surface area (Å²) in [6, 6.07) is 11.0. The van der Waals surface area contributed by atoms with E-state index in [1.807, 2.05) is 4.68 Å². The zero-order valence-corrected chi connectivity index (χ0v) is 17.4. The molecule has 7 nitrogen and oxygen atoms in total. The van der Waals surface area contributed by atoms with Crippen LogP contribution >= 0.6 is 12.4 Å².